The molecule has 0 saturated heterocycles. The quantitative estimate of drug-likeness (QED) is 0.705. The molecule has 0 atom stereocenters. The molecule has 3 aromatic rings. The van der Waals surface area contributed by atoms with Gasteiger partial charge in [0.15, 0.2) is 0 Å². The lowest BCUT2D eigenvalue weighted by Gasteiger charge is -2.20. The Hall–Kier alpha value is -1.97. The van der Waals surface area contributed by atoms with Gasteiger partial charge in [-0.25, -0.2) is 9.97 Å². The molecule has 3 heterocycles. The van der Waals surface area contributed by atoms with E-state index in [0.29, 0.717) is 0 Å². The number of aryl methyl sites for hydroxylation is 1. The Bertz CT molecular complexity index is 755. The molecular formula is C15H18N4. The van der Waals surface area contributed by atoms with Crippen LogP contribution >= 0.6 is 0 Å². The fourth-order valence-electron chi connectivity index (χ4n) is 2.26. The van der Waals surface area contributed by atoms with E-state index in [1.54, 1.807) is 0 Å². The second-order valence-corrected chi connectivity index (χ2v) is 5.60. The SMILES string of the molecule is CCC(C)(C)c1ncc2c(n1)c1ncccc1n2C. The molecule has 0 aliphatic carbocycles. The molecule has 0 aromatic carbocycles. The van der Waals surface area contributed by atoms with E-state index in [1.165, 1.54) is 0 Å². The normalized spacial score (nSPS) is 12.4. The topological polar surface area (TPSA) is 43.6 Å². The second kappa shape index (κ2) is 4.02. The first kappa shape index (κ1) is 12.1. The smallest absolute Gasteiger partial charge is 0.134 e. The van der Waals surface area contributed by atoms with E-state index < -0.39 is 0 Å². The number of rotatable bonds is 2. The molecule has 0 unspecified atom stereocenters. The second-order valence-electron chi connectivity index (χ2n) is 5.60. The number of pyridine rings is 1. The minimum Gasteiger partial charge on any atom is -0.340 e. The van der Waals surface area contributed by atoms with Crippen LogP contribution in [0.4, 0.5) is 0 Å². The highest BCUT2D eigenvalue weighted by atomic mass is 15.0. The van der Waals surface area contributed by atoms with Gasteiger partial charge in [0, 0.05) is 18.7 Å². The van der Waals surface area contributed by atoms with Gasteiger partial charge in [0.1, 0.15) is 16.9 Å². The predicted octanol–water partition coefficient (Wildman–Crippen LogP) is 3.20. The van der Waals surface area contributed by atoms with Crippen LogP contribution in [0.1, 0.15) is 33.0 Å². The molecule has 0 spiro atoms. The van der Waals surface area contributed by atoms with E-state index >= 15 is 0 Å². The lowest BCUT2D eigenvalue weighted by Crippen LogP contribution is -2.19. The summed E-state index contributed by atoms with van der Waals surface area (Å²) in [7, 11) is 2.03. The highest BCUT2D eigenvalue weighted by Crippen LogP contribution is 2.28. The molecule has 0 N–H and O–H groups in total. The van der Waals surface area contributed by atoms with Crippen LogP contribution in [0.25, 0.3) is 22.1 Å². The van der Waals surface area contributed by atoms with Crippen LogP contribution in [0.3, 0.4) is 0 Å². The predicted molar refractivity (Wildman–Crippen MR) is 77.1 cm³/mol. The number of hydrogen-bond donors (Lipinski definition) is 0. The van der Waals surface area contributed by atoms with Crippen LogP contribution < -0.4 is 0 Å². The van der Waals surface area contributed by atoms with Crippen molar-refractivity contribution in [3.8, 4) is 0 Å². The van der Waals surface area contributed by atoms with Gasteiger partial charge in [0.25, 0.3) is 0 Å². The lowest BCUT2D eigenvalue weighted by atomic mass is 9.89. The highest BCUT2D eigenvalue weighted by Gasteiger charge is 2.23. The molecule has 19 heavy (non-hydrogen) atoms. The van der Waals surface area contributed by atoms with Crippen LogP contribution in [0, 0.1) is 0 Å². The van der Waals surface area contributed by atoms with Crippen LogP contribution in [0.5, 0.6) is 0 Å². The summed E-state index contributed by atoms with van der Waals surface area (Å²) in [4.78, 5) is 13.8. The van der Waals surface area contributed by atoms with E-state index in [1.807, 2.05) is 25.5 Å². The van der Waals surface area contributed by atoms with Crippen LogP contribution in [0.15, 0.2) is 24.5 Å². The number of nitrogens with zero attached hydrogens (tertiary/aromatic N) is 4. The minimum absolute atomic E-state index is 0.00879. The third-order valence-electron chi connectivity index (χ3n) is 3.99. The Morgan fingerprint density at radius 3 is 2.68 bits per heavy atom. The maximum atomic E-state index is 4.77. The van der Waals surface area contributed by atoms with Crippen LogP contribution in [-0.2, 0) is 12.5 Å². The van der Waals surface area contributed by atoms with Crippen LogP contribution in [0.2, 0.25) is 0 Å². The summed E-state index contributed by atoms with van der Waals surface area (Å²) in [6.45, 7) is 6.51. The first-order chi connectivity index (χ1) is 9.04. The third-order valence-corrected chi connectivity index (χ3v) is 3.99. The summed E-state index contributed by atoms with van der Waals surface area (Å²) < 4.78 is 2.10. The number of hydrogen-bond acceptors (Lipinski definition) is 3. The zero-order valence-corrected chi connectivity index (χ0v) is 11.8. The van der Waals surface area contributed by atoms with Crippen molar-refractivity contribution in [1.29, 1.82) is 0 Å². The monoisotopic (exact) mass is 254 g/mol. The minimum atomic E-state index is -0.00879. The largest absolute Gasteiger partial charge is 0.340 e. The zero-order chi connectivity index (χ0) is 13.6. The maximum Gasteiger partial charge on any atom is 0.134 e. The molecule has 0 saturated carbocycles. The van der Waals surface area contributed by atoms with Crippen molar-refractivity contribution in [3.63, 3.8) is 0 Å². The molecule has 0 bridgehead atoms. The van der Waals surface area contributed by atoms with Crippen molar-refractivity contribution in [3.05, 3.63) is 30.4 Å². The Kier molecular flexibility index (Phi) is 2.55. The maximum absolute atomic E-state index is 4.77. The van der Waals surface area contributed by atoms with Gasteiger partial charge in [-0.05, 0) is 18.6 Å². The van der Waals surface area contributed by atoms with Gasteiger partial charge in [-0.2, -0.15) is 0 Å². The summed E-state index contributed by atoms with van der Waals surface area (Å²) in [5.41, 5.74) is 4.02. The fraction of sp³-hybridized carbons (Fsp3) is 0.400. The highest BCUT2D eigenvalue weighted by molar-refractivity contribution is 6.02. The number of fused-ring (bicyclic) bond motifs is 3. The van der Waals surface area contributed by atoms with E-state index in [-0.39, 0.29) is 5.41 Å². The van der Waals surface area contributed by atoms with Gasteiger partial charge in [0.05, 0.1) is 17.2 Å². The Labute approximate surface area is 112 Å². The van der Waals surface area contributed by atoms with Gasteiger partial charge in [-0.3, -0.25) is 4.98 Å². The van der Waals surface area contributed by atoms with Gasteiger partial charge in [-0.1, -0.05) is 20.8 Å². The van der Waals surface area contributed by atoms with E-state index in [0.717, 1.165) is 34.3 Å². The van der Waals surface area contributed by atoms with Crippen molar-refractivity contribution in [2.24, 2.45) is 7.05 Å². The van der Waals surface area contributed by atoms with Gasteiger partial charge in [0.2, 0.25) is 0 Å². The summed E-state index contributed by atoms with van der Waals surface area (Å²) in [5.74, 6) is 0.889. The Morgan fingerprint density at radius 1 is 1.16 bits per heavy atom. The molecule has 3 rings (SSSR count). The molecule has 3 aromatic heterocycles. The lowest BCUT2D eigenvalue weighted by molar-refractivity contribution is 0.475. The van der Waals surface area contributed by atoms with E-state index in [9.17, 15) is 0 Å². The molecule has 0 amide bonds. The molecule has 98 valence electrons. The molecule has 4 heteroatoms. The summed E-state index contributed by atoms with van der Waals surface area (Å²) in [6, 6.07) is 4.01. The molecule has 0 radical (unpaired) electrons. The number of aromatic nitrogens is 4. The van der Waals surface area contributed by atoms with E-state index in [4.69, 9.17) is 4.98 Å². The van der Waals surface area contributed by atoms with E-state index in [2.05, 4.69) is 41.4 Å². The van der Waals surface area contributed by atoms with Crippen molar-refractivity contribution < 1.29 is 0 Å². The molecule has 0 aliphatic heterocycles. The van der Waals surface area contributed by atoms with Crippen LogP contribution in [-0.4, -0.2) is 19.5 Å². The van der Waals surface area contributed by atoms with Gasteiger partial charge in [-0.15, -0.1) is 0 Å². The third kappa shape index (κ3) is 1.70. The zero-order valence-electron chi connectivity index (χ0n) is 11.8. The van der Waals surface area contributed by atoms with Gasteiger partial charge < -0.3 is 4.57 Å². The standard InChI is InChI=1S/C15H18N4/c1-5-15(2,3)14-17-9-11-13(18-14)12-10(19(11)4)7-6-8-16-12/h6-9H,5H2,1-4H3. The van der Waals surface area contributed by atoms with Crippen molar-refractivity contribution >= 4 is 22.1 Å². The summed E-state index contributed by atoms with van der Waals surface area (Å²) in [6.07, 6.45) is 4.74. The first-order valence-electron chi connectivity index (χ1n) is 6.61. The Morgan fingerprint density at radius 2 is 1.95 bits per heavy atom. The van der Waals surface area contributed by atoms with Crippen molar-refractivity contribution in [2.75, 3.05) is 0 Å². The van der Waals surface area contributed by atoms with Gasteiger partial charge >= 0.3 is 0 Å². The molecule has 0 aliphatic rings. The molecule has 0 fully saturated rings. The average molecular weight is 254 g/mol. The summed E-state index contributed by atoms with van der Waals surface area (Å²) >= 11 is 0. The first-order valence-corrected chi connectivity index (χ1v) is 6.61. The van der Waals surface area contributed by atoms with Crippen molar-refractivity contribution in [1.82, 2.24) is 19.5 Å². The fourth-order valence-corrected chi connectivity index (χ4v) is 2.26. The molecular weight excluding hydrogens is 236 g/mol. The average Bonchev–Trinajstić information content (AvgIpc) is 2.73. The summed E-state index contributed by atoms with van der Waals surface area (Å²) in [5, 5.41) is 0. The molecule has 4 nitrogen and oxygen atoms in total. The van der Waals surface area contributed by atoms with Crippen molar-refractivity contribution in [2.45, 2.75) is 32.6 Å². The Balaban J connectivity index is 2.37.